The van der Waals surface area contributed by atoms with E-state index in [2.05, 4.69) is 5.32 Å². The molecule has 4 rings (SSSR count). The van der Waals surface area contributed by atoms with E-state index in [9.17, 15) is 28.4 Å². The second-order valence-corrected chi connectivity index (χ2v) is 8.13. The predicted octanol–water partition coefficient (Wildman–Crippen LogP) is 4.40. The Balaban J connectivity index is 1.35. The van der Waals surface area contributed by atoms with E-state index < -0.39 is 24.3 Å². The third-order valence-electron chi connectivity index (χ3n) is 5.37. The van der Waals surface area contributed by atoms with Crippen LogP contribution in [0.3, 0.4) is 0 Å². The van der Waals surface area contributed by atoms with E-state index in [4.69, 9.17) is 16.3 Å². The number of anilines is 1. The standard InChI is InChI=1S/C26H17ClFNO6/c27-20-11-18-19(26(34)17-4-2-1-3-16(17)25(18)33)12-21(20)29-23(31)13-35-24(32)10-9-22(30)14-5-7-15(28)8-6-14/h1-8,11-12H,9-10,13H2,(H,29,31). The van der Waals surface area contributed by atoms with Crippen LogP contribution in [0, 0.1) is 5.82 Å². The van der Waals surface area contributed by atoms with Crippen molar-refractivity contribution in [3.05, 3.63) is 99.3 Å². The fourth-order valence-electron chi connectivity index (χ4n) is 3.61. The SMILES string of the molecule is O=C(COC(=O)CCC(=O)c1ccc(F)cc1)Nc1cc2c(cc1Cl)C(=O)c1ccccc1C2=O. The molecule has 0 bridgehead atoms. The van der Waals surface area contributed by atoms with Gasteiger partial charge in [0.15, 0.2) is 24.0 Å². The van der Waals surface area contributed by atoms with Gasteiger partial charge in [0.1, 0.15) is 5.82 Å². The van der Waals surface area contributed by atoms with Crippen LogP contribution in [0.25, 0.3) is 0 Å². The minimum atomic E-state index is -0.774. The van der Waals surface area contributed by atoms with Gasteiger partial charge >= 0.3 is 5.97 Å². The largest absolute Gasteiger partial charge is 0.456 e. The normalized spacial score (nSPS) is 11.9. The van der Waals surface area contributed by atoms with E-state index in [0.29, 0.717) is 0 Å². The lowest BCUT2D eigenvalue weighted by atomic mass is 9.84. The van der Waals surface area contributed by atoms with Crippen LogP contribution in [0.4, 0.5) is 10.1 Å². The Morgan fingerprint density at radius 3 is 2.06 bits per heavy atom. The second kappa shape index (κ2) is 9.99. The lowest BCUT2D eigenvalue weighted by molar-refractivity contribution is -0.147. The molecule has 0 aromatic heterocycles. The molecule has 0 saturated carbocycles. The highest BCUT2D eigenvalue weighted by Gasteiger charge is 2.30. The maximum absolute atomic E-state index is 12.9. The van der Waals surface area contributed by atoms with Gasteiger partial charge < -0.3 is 10.1 Å². The lowest BCUT2D eigenvalue weighted by Gasteiger charge is -2.19. The highest BCUT2D eigenvalue weighted by atomic mass is 35.5. The Kier molecular flexibility index (Phi) is 6.84. The van der Waals surface area contributed by atoms with Gasteiger partial charge in [-0.25, -0.2) is 4.39 Å². The van der Waals surface area contributed by atoms with Crippen molar-refractivity contribution in [3.63, 3.8) is 0 Å². The predicted molar refractivity (Wildman–Crippen MR) is 124 cm³/mol. The molecule has 0 atom stereocenters. The van der Waals surface area contributed by atoms with E-state index in [-0.39, 0.29) is 68.7 Å². The van der Waals surface area contributed by atoms with E-state index >= 15 is 0 Å². The number of Topliss-reactive ketones (excluding diaryl/α,β-unsaturated/α-hetero) is 1. The summed E-state index contributed by atoms with van der Waals surface area (Å²) < 4.78 is 17.8. The summed E-state index contributed by atoms with van der Waals surface area (Å²) in [4.78, 5) is 61.8. The molecule has 3 aromatic rings. The number of ether oxygens (including phenoxy) is 1. The summed E-state index contributed by atoms with van der Waals surface area (Å²) in [7, 11) is 0. The van der Waals surface area contributed by atoms with Crippen LogP contribution in [-0.2, 0) is 14.3 Å². The van der Waals surface area contributed by atoms with Crippen LogP contribution >= 0.6 is 11.6 Å². The monoisotopic (exact) mass is 493 g/mol. The quantitative estimate of drug-likeness (QED) is 0.302. The zero-order valence-corrected chi connectivity index (χ0v) is 18.9. The molecule has 1 amide bonds. The molecular formula is C26H17ClFNO6. The third kappa shape index (κ3) is 5.17. The van der Waals surface area contributed by atoms with Gasteiger partial charge in [-0.15, -0.1) is 0 Å². The van der Waals surface area contributed by atoms with Crippen molar-refractivity contribution in [2.24, 2.45) is 0 Å². The van der Waals surface area contributed by atoms with Crippen molar-refractivity contribution in [2.75, 3.05) is 11.9 Å². The first kappa shape index (κ1) is 24.0. The average molecular weight is 494 g/mol. The minimum Gasteiger partial charge on any atom is -0.456 e. The molecule has 176 valence electrons. The summed E-state index contributed by atoms with van der Waals surface area (Å²) in [6, 6.07) is 14.0. The zero-order chi connectivity index (χ0) is 25.1. The van der Waals surface area contributed by atoms with Gasteiger partial charge in [0.05, 0.1) is 17.1 Å². The molecule has 7 nitrogen and oxygen atoms in total. The fourth-order valence-corrected chi connectivity index (χ4v) is 3.83. The van der Waals surface area contributed by atoms with Crippen LogP contribution in [0.5, 0.6) is 0 Å². The minimum absolute atomic E-state index is 0.0360. The number of nitrogens with one attached hydrogen (secondary N) is 1. The third-order valence-corrected chi connectivity index (χ3v) is 5.69. The number of rotatable bonds is 7. The fraction of sp³-hybridized carbons (Fsp3) is 0.115. The molecular weight excluding hydrogens is 477 g/mol. The summed E-state index contributed by atoms with van der Waals surface area (Å²) >= 11 is 6.21. The summed E-state index contributed by atoms with van der Waals surface area (Å²) in [6.45, 7) is -0.646. The van der Waals surface area contributed by atoms with Crippen molar-refractivity contribution < 1.29 is 33.1 Å². The Morgan fingerprint density at radius 1 is 0.829 bits per heavy atom. The Morgan fingerprint density at radius 2 is 1.43 bits per heavy atom. The molecule has 9 heteroatoms. The summed E-state index contributed by atoms with van der Waals surface area (Å²) in [5.74, 6) is -3.07. The molecule has 0 saturated heterocycles. The summed E-state index contributed by atoms with van der Waals surface area (Å²) in [6.07, 6.45) is -0.431. The number of ketones is 3. The maximum atomic E-state index is 12.9. The molecule has 0 radical (unpaired) electrons. The van der Waals surface area contributed by atoms with Gasteiger partial charge in [0.25, 0.3) is 5.91 Å². The van der Waals surface area contributed by atoms with E-state index in [1.54, 1.807) is 24.3 Å². The summed E-state index contributed by atoms with van der Waals surface area (Å²) in [5, 5.41) is 2.49. The van der Waals surface area contributed by atoms with Crippen LogP contribution in [0.1, 0.15) is 55.0 Å². The topological polar surface area (TPSA) is 107 Å². The van der Waals surface area contributed by atoms with Crippen LogP contribution < -0.4 is 5.32 Å². The van der Waals surface area contributed by atoms with Gasteiger partial charge in [-0.1, -0.05) is 35.9 Å². The second-order valence-electron chi connectivity index (χ2n) is 7.72. The van der Waals surface area contributed by atoms with Gasteiger partial charge in [-0.05, 0) is 36.4 Å². The first-order valence-electron chi connectivity index (χ1n) is 10.5. The van der Waals surface area contributed by atoms with Crippen molar-refractivity contribution in [3.8, 4) is 0 Å². The first-order valence-corrected chi connectivity index (χ1v) is 10.9. The molecule has 35 heavy (non-hydrogen) atoms. The molecule has 1 aliphatic carbocycles. The van der Waals surface area contributed by atoms with Crippen molar-refractivity contribution in [2.45, 2.75) is 12.8 Å². The molecule has 3 aromatic carbocycles. The molecule has 0 spiro atoms. The Labute approximate surface area is 203 Å². The van der Waals surface area contributed by atoms with Crippen LogP contribution in [0.15, 0.2) is 60.7 Å². The van der Waals surface area contributed by atoms with Gasteiger partial charge in [0, 0.05) is 34.2 Å². The number of fused-ring (bicyclic) bond motifs is 2. The highest BCUT2D eigenvalue weighted by Crippen LogP contribution is 2.33. The number of hydrogen-bond donors (Lipinski definition) is 1. The average Bonchev–Trinajstić information content (AvgIpc) is 2.86. The van der Waals surface area contributed by atoms with E-state index in [0.717, 1.165) is 12.1 Å². The smallest absolute Gasteiger partial charge is 0.306 e. The molecule has 1 aliphatic rings. The van der Waals surface area contributed by atoms with Crippen LogP contribution in [-0.4, -0.2) is 35.8 Å². The molecule has 1 N–H and O–H groups in total. The van der Waals surface area contributed by atoms with Gasteiger partial charge in [-0.2, -0.15) is 0 Å². The van der Waals surface area contributed by atoms with Crippen molar-refractivity contribution >= 4 is 46.5 Å². The zero-order valence-electron chi connectivity index (χ0n) is 18.1. The van der Waals surface area contributed by atoms with Gasteiger partial charge in [0.2, 0.25) is 0 Å². The van der Waals surface area contributed by atoms with Gasteiger partial charge in [-0.3, -0.25) is 24.0 Å². The number of carbonyl (C=O) groups excluding carboxylic acids is 5. The Hall–Kier alpha value is -4.17. The number of amides is 1. The summed E-state index contributed by atoms with van der Waals surface area (Å²) in [5.41, 5.74) is 1.11. The number of hydrogen-bond acceptors (Lipinski definition) is 6. The van der Waals surface area contributed by atoms with E-state index in [1.807, 2.05) is 0 Å². The molecule has 0 aliphatic heterocycles. The number of esters is 1. The molecule has 0 heterocycles. The van der Waals surface area contributed by atoms with E-state index in [1.165, 1.54) is 24.3 Å². The molecule has 0 unspecified atom stereocenters. The van der Waals surface area contributed by atoms with Crippen molar-refractivity contribution in [1.29, 1.82) is 0 Å². The van der Waals surface area contributed by atoms with Crippen LogP contribution in [0.2, 0.25) is 5.02 Å². The highest BCUT2D eigenvalue weighted by molar-refractivity contribution is 6.36. The Bertz CT molecular complexity index is 1380. The number of benzene rings is 3. The first-order chi connectivity index (χ1) is 16.7. The number of halogens is 2. The maximum Gasteiger partial charge on any atom is 0.306 e. The number of carbonyl (C=O) groups is 5. The lowest BCUT2D eigenvalue weighted by Crippen LogP contribution is -2.23. The van der Waals surface area contributed by atoms with Crippen molar-refractivity contribution in [1.82, 2.24) is 0 Å². The molecule has 0 fully saturated rings.